The van der Waals surface area contributed by atoms with E-state index in [4.69, 9.17) is 5.41 Å². The Hall–Kier alpha value is -2.29. The second kappa shape index (κ2) is 5.78. The second-order valence-corrected chi connectivity index (χ2v) is 5.73. The molecule has 0 bridgehead atoms. The van der Waals surface area contributed by atoms with Gasteiger partial charge in [-0.3, -0.25) is 10.3 Å². The van der Waals surface area contributed by atoms with Gasteiger partial charge in [-0.05, 0) is 45.0 Å². The molecule has 0 unspecified atom stereocenters. The van der Waals surface area contributed by atoms with Crippen molar-refractivity contribution in [2.75, 3.05) is 4.90 Å². The lowest BCUT2D eigenvalue weighted by Gasteiger charge is -2.31. The van der Waals surface area contributed by atoms with Crippen molar-refractivity contribution < 1.29 is 0 Å². The number of hydrogen-bond donors (Lipinski definition) is 2. The predicted octanol–water partition coefficient (Wildman–Crippen LogP) is 4.15. The molecule has 3 nitrogen and oxygen atoms in total. The Morgan fingerprint density at radius 3 is 1.60 bits per heavy atom. The fourth-order valence-corrected chi connectivity index (χ4v) is 1.97. The Bertz CT molecular complexity index is 516. The van der Waals surface area contributed by atoms with E-state index in [1.165, 1.54) is 0 Å². The third-order valence-electron chi connectivity index (χ3n) is 2.75. The normalized spacial score (nSPS) is 10.9. The topological polar surface area (TPSA) is 39.1 Å². The van der Waals surface area contributed by atoms with Crippen LogP contribution in [0.4, 0.5) is 11.4 Å². The number of guanidine groups is 1. The lowest BCUT2D eigenvalue weighted by atomic mass is 10.1. The zero-order valence-corrected chi connectivity index (χ0v) is 12.2. The summed E-state index contributed by atoms with van der Waals surface area (Å²) >= 11 is 0. The molecule has 2 rings (SSSR count). The molecular formula is C17H21N3. The van der Waals surface area contributed by atoms with E-state index in [-0.39, 0.29) is 5.54 Å². The lowest BCUT2D eigenvalue weighted by molar-refractivity contribution is 0.507. The highest BCUT2D eigenvalue weighted by Gasteiger charge is 2.19. The van der Waals surface area contributed by atoms with Crippen molar-refractivity contribution in [2.45, 2.75) is 26.3 Å². The molecule has 0 heterocycles. The van der Waals surface area contributed by atoms with E-state index in [1.807, 2.05) is 65.6 Å². The molecule has 3 heteroatoms. The molecule has 20 heavy (non-hydrogen) atoms. The molecule has 0 aliphatic carbocycles. The standard InChI is InChI=1S/C17H21N3/c1-17(2,3)19-16(18)20(14-10-6-4-7-11-14)15-12-8-5-9-13-15/h4-13H,1-3H3,(H2,18,19). The third-order valence-corrected chi connectivity index (χ3v) is 2.75. The maximum absolute atomic E-state index is 8.39. The van der Waals surface area contributed by atoms with Crippen LogP contribution in [0, 0.1) is 5.41 Å². The molecule has 0 saturated heterocycles. The van der Waals surface area contributed by atoms with Gasteiger partial charge in [-0.15, -0.1) is 0 Å². The molecule has 0 aromatic heterocycles. The van der Waals surface area contributed by atoms with Crippen LogP contribution in [0.3, 0.4) is 0 Å². The minimum absolute atomic E-state index is 0.154. The van der Waals surface area contributed by atoms with Gasteiger partial charge in [0.2, 0.25) is 5.96 Å². The summed E-state index contributed by atoms with van der Waals surface area (Å²) in [5.74, 6) is 0.370. The van der Waals surface area contributed by atoms with Crippen molar-refractivity contribution >= 4 is 17.3 Å². The van der Waals surface area contributed by atoms with Crippen molar-refractivity contribution in [1.82, 2.24) is 5.32 Å². The molecule has 0 aliphatic rings. The maximum atomic E-state index is 8.39. The maximum Gasteiger partial charge on any atom is 0.200 e. The van der Waals surface area contributed by atoms with Gasteiger partial charge in [-0.25, -0.2) is 0 Å². The number of benzene rings is 2. The van der Waals surface area contributed by atoms with Crippen LogP contribution >= 0.6 is 0 Å². The van der Waals surface area contributed by atoms with E-state index in [9.17, 15) is 0 Å². The van der Waals surface area contributed by atoms with Crippen molar-refractivity contribution in [3.63, 3.8) is 0 Å². The van der Waals surface area contributed by atoms with Gasteiger partial charge < -0.3 is 5.32 Å². The summed E-state index contributed by atoms with van der Waals surface area (Å²) in [6.07, 6.45) is 0. The summed E-state index contributed by atoms with van der Waals surface area (Å²) < 4.78 is 0. The SMILES string of the molecule is CC(C)(C)NC(=N)N(c1ccccc1)c1ccccc1. The van der Waals surface area contributed by atoms with Crippen LogP contribution in [0.1, 0.15) is 20.8 Å². The van der Waals surface area contributed by atoms with Gasteiger partial charge in [-0.2, -0.15) is 0 Å². The van der Waals surface area contributed by atoms with Crippen LogP contribution in [-0.4, -0.2) is 11.5 Å². The number of para-hydroxylation sites is 2. The number of nitrogens with one attached hydrogen (secondary N) is 2. The van der Waals surface area contributed by atoms with Gasteiger partial charge in [0.15, 0.2) is 0 Å². The van der Waals surface area contributed by atoms with Crippen molar-refractivity contribution in [2.24, 2.45) is 0 Å². The molecule has 104 valence electrons. The van der Waals surface area contributed by atoms with E-state index in [1.54, 1.807) is 0 Å². The Morgan fingerprint density at radius 1 is 0.850 bits per heavy atom. The van der Waals surface area contributed by atoms with E-state index < -0.39 is 0 Å². The van der Waals surface area contributed by atoms with Gasteiger partial charge in [-0.1, -0.05) is 36.4 Å². The summed E-state index contributed by atoms with van der Waals surface area (Å²) in [5, 5.41) is 11.6. The highest BCUT2D eigenvalue weighted by Crippen LogP contribution is 2.25. The van der Waals surface area contributed by atoms with Crippen LogP contribution in [0.15, 0.2) is 60.7 Å². The zero-order chi connectivity index (χ0) is 14.6. The second-order valence-electron chi connectivity index (χ2n) is 5.73. The average molecular weight is 267 g/mol. The molecule has 0 spiro atoms. The summed E-state index contributed by atoms with van der Waals surface area (Å²) in [7, 11) is 0. The molecule has 0 saturated carbocycles. The zero-order valence-electron chi connectivity index (χ0n) is 12.2. The summed E-state index contributed by atoms with van der Waals surface area (Å²) in [6.45, 7) is 6.15. The van der Waals surface area contributed by atoms with E-state index >= 15 is 0 Å². The van der Waals surface area contributed by atoms with Crippen molar-refractivity contribution in [3.05, 3.63) is 60.7 Å². The molecule has 2 aromatic carbocycles. The fraction of sp³-hybridized carbons (Fsp3) is 0.235. The lowest BCUT2D eigenvalue weighted by Crippen LogP contribution is -2.47. The Labute approximate surface area is 120 Å². The highest BCUT2D eigenvalue weighted by atomic mass is 15.3. The van der Waals surface area contributed by atoms with Gasteiger partial charge in [0.05, 0.1) is 0 Å². The Kier molecular flexibility index (Phi) is 4.08. The average Bonchev–Trinajstić information content (AvgIpc) is 2.39. The monoisotopic (exact) mass is 267 g/mol. The first-order valence-electron chi connectivity index (χ1n) is 6.74. The molecular weight excluding hydrogens is 246 g/mol. The van der Waals surface area contributed by atoms with E-state index in [0.717, 1.165) is 11.4 Å². The molecule has 0 aliphatic heterocycles. The minimum atomic E-state index is -0.154. The van der Waals surface area contributed by atoms with Gasteiger partial charge in [0, 0.05) is 16.9 Å². The predicted molar refractivity (Wildman–Crippen MR) is 85.6 cm³/mol. The van der Waals surface area contributed by atoms with Gasteiger partial charge in [0.1, 0.15) is 0 Å². The summed E-state index contributed by atoms with van der Waals surface area (Å²) in [4.78, 5) is 1.91. The van der Waals surface area contributed by atoms with E-state index in [0.29, 0.717) is 5.96 Å². The fourth-order valence-electron chi connectivity index (χ4n) is 1.97. The molecule has 2 aromatic rings. The summed E-state index contributed by atoms with van der Waals surface area (Å²) in [6, 6.07) is 19.9. The first kappa shape index (κ1) is 14.1. The summed E-state index contributed by atoms with van der Waals surface area (Å²) in [5.41, 5.74) is 1.79. The van der Waals surface area contributed by atoms with Crippen LogP contribution < -0.4 is 10.2 Å². The number of rotatable bonds is 2. The van der Waals surface area contributed by atoms with Crippen LogP contribution in [0.5, 0.6) is 0 Å². The Balaban J connectivity index is 2.38. The van der Waals surface area contributed by atoms with Crippen LogP contribution in [0.2, 0.25) is 0 Å². The van der Waals surface area contributed by atoms with Gasteiger partial charge in [0.25, 0.3) is 0 Å². The van der Waals surface area contributed by atoms with Crippen molar-refractivity contribution in [1.29, 1.82) is 5.41 Å². The van der Waals surface area contributed by atoms with Crippen molar-refractivity contribution in [3.8, 4) is 0 Å². The quantitative estimate of drug-likeness (QED) is 0.634. The smallest absolute Gasteiger partial charge is 0.200 e. The highest BCUT2D eigenvalue weighted by molar-refractivity contribution is 6.01. The first-order valence-corrected chi connectivity index (χ1v) is 6.74. The van der Waals surface area contributed by atoms with Gasteiger partial charge >= 0.3 is 0 Å². The first-order chi connectivity index (χ1) is 9.47. The van der Waals surface area contributed by atoms with Crippen LogP contribution in [-0.2, 0) is 0 Å². The van der Waals surface area contributed by atoms with Crippen LogP contribution in [0.25, 0.3) is 0 Å². The molecule has 0 fully saturated rings. The molecule has 0 radical (unpaired) electrons. The Morgan fingerprint density at radius 2 is 1.25 bits per heavy atom. The molecule has 2 N–H and O–H groups in total. The number of anilines is 2. The third kappa shape index (κ3) is 3.60. The number of hydrogen-bond acceptors (Lipinski definition) is 1. The largest absolute Gasteiger partial charge is 0.351 e. The van der Waals surface area contributed by atoms with E-state index in [2.05, 4.69) is 26.1 Å². The number of nitrogens with zero attached hydrogens (tertiary/aromatic N) is 1. The molecule has 0 atom stereocenters. The molecule has 0 amide bonds. The minimum Gasteiger partial charge on any atom is -0.351 e.